The van der Waals surface area contributed by atoms with E-state index in [0.29, 0.717) is 42.1 Å². The van der Waals surface area contributed by atoms with Gasteiger partial charge in [0.2, 0.25) is 0 Å². The number of carbonyl (C=O) groups is 1. The van der Waals surface area contributed by atoms with Gasteiger partial charge in [-0.05, 0) is 56.3 Å². The van der Waals surface area contributed by atoms with Gasteiger partial charge < -0.3 is 20.1 Å². The molecule has 0 aliphatic carbocycles. The van der Waals surface area contributed by atoms with Gasteiger partial charge in [0, 0.05) is 17.7 Å². The van der Waals surface area contributed by atoms with E-state index in [4.69, 9.17) is 20.6 Å². The van der Waals surface area contributed by atoms with Crippen molar-refractivity contribution in [1.82, 2.24) is 19.7 Å². The van der Waals surface area contributed by atoms with E-state index in [0.717, 1.165) is 15.8 Å². The number of methoxy groups -OCH3 is 1. The Morgan fingerprint density at radius 2 is 1.88 bits per heavy atom. The van der Waals surface area contributed by atoms with Crippen molar-refractivity contribution in [3.8, 4) is 11.4 Å². The number of aromatic nitrogens is 3. The summed E-state index contributed by atoms with van der Waals surface area (Å²) in [5, 5.41) is 14.9. The second-order valence-corrected chi connectivity index (χ2v) is 10.2. The number of amidine groups is 1. The molecule has 0 spiro atoms. The van der Waals surface area contributed by atoms with E-state index >= 15 is 4.39 Å². The molecule has 0 radical (unpaired) electrons. The van der Waals surface area contributed by atoms with E-state index in [-0.39, 0.29) is 23.8 Å². The molecule has 11 nitrogen and oxygen atoms in total. The SMILES string of the molecule is CCc1cc(OCCN(C)C)c(F)c(C(Cc2ccc(C(=N)N)cc2)c2nn(-c3ccccc3NC(=O)OC)c(=O)[nH]2)c1. The van der Waals surface area contributed by atoms with Gasteiger partial charge in [0.25, 0.3) is 0 Å². The van der Waals surface area contributed by atoms with E-state index in [1.165, 1.54) is 7.11 Å². The fourth-order valence-electron chi connectivity index (χ4n) is 4.58. The van der Waals surface area contributed by atoms with Crippen molar-refractivity contribution in [3.63, 3.8) is 0 Å². The van der Waals surface area contributed by atoms with Crippen molar-refractivity contribution in [2.45, 2.75) is 25.7 Å². The molecule has 226 valence electrons. The van der Waals surface area contributed by atoms with E-state index in [2.05, 4.69) is 15.4 Å². The maximum absolute atomic E-state index is 16.2. The number of benzene rings is 3. The molecule has 1 amide bonds. The van der Waals surface area contributed by atoms with Crippen molar-refractivity contribution in [2.75, 3.05) is 39.7 Å². The molecule has 4 rings (SSSR count). The van der Waals surface area contributed by atoms with Crippen LogP contribution in [0.4, 0.5) is 14.9 Å². The van der Waals surface area contributed by atoms with E-state index < -0.39 is 23.5 Å². The summed E-state index contributed by atoms with van der Waals surface area (Å²) in [4.78, 5) is 30.0. The molecule has 4 aromatic rings. The minimum atomic E-state index is -0.722. The van der Waals surface area contributed by atoms with Crippen molar-refractivity contribution >= 4 is 17.6 Å². The third-order valence-electron chi connectivity index (χ3n) is 6.93. The minimum absolute atomic E-state index is 0.0633. The third-order valence-corrected chi connectivity index (χ3v) is 6.93. The number of rotatable bonds is 12. The number of nitrogens with zero attached hydrogens (tertiary/aromatic N) is 3. The first-order valence-electron chi connectivity index (χ1n) is 13.8. The van der Waals surface area contributed by atoms with Gasteiger partial charge in [-0.25, -0.2) is 14.0 Å². The van der Waals surface area contributed by atoms with Crippen LogP contribution in [0.2, 0.25) is 0 Å². The number of aryl methyl sites for hydroxylation is 1. The predicted molar refractivity (Wildman–Crippen MR) is 163 cm³/mol. The number of nitrogens with one attached hydrogen (secondary N) is 3. The molecule has 1 unspecified atom stereocenters. The summed E-state index contributed by atoms with van der Waals surface area (Å²) in [7, 11) is 5.06. The number of carbonyl (C=O) groups excluding carboxylic acids is 1. The molecule has 1 aromatic heterocycles. The average molecular weight is 590 g/mol. The quantitative estimate of drug-likeness (QED) is 0.144. The molecule has 0 fully saturated rings. The highest BCUT2D eigenvalue weighted by atomic mass is 19.1. The fourth-order valence-corrected chi connectivity index (χ4v) is 4.58. The maximum atomic E-state index is 16.2. The zero-order valence-corrected chi connectivity index (χ0v) is 24.6. The second-order valence-electron chi connectivity index (χ2n) is 10.2. The van der Waals surface area contributed by atoms with Gasteiger partial charge in [-0.3, -0.25) is 15.7 Å². The van der Waals surface area contributed by atoms with Gasteiger partial charge in [0.1, 0.15) is 18.3 Å². The Labute approximate surface area is 248 Å². The summed E-state index contributed by atoms with van der Waals surface area (Å²) in [6.07, 6.45) is 0.201. The largest absolute Gasteiger partial charge is 0.489 e. The van der Waals surface area contributed by atoms with Gasteiger partial charge >= 0.3 is 11.8 Å². The number of hydrogen-bond acceptors (Lipinski definition) is 7. The summed E-state index contributed by atoms with van der Waals surface area (Å²) >= 11 is 0. The van der Waals surface area contributed by atoms with E-state index in [9.17, 15) is 9.59 Å². The maximum Gasteiger partial charge on any atom is 0.411 e. The fraction of sp³-hybridized carbons (Fsp3) is 0.290. The molecule has 1 atom stereocenters. The summed E-state index contributed by atoms with van der Waals surface area (Å²) in [5.74, 6) is -0.973. The van der Waals surface area contributed by atoms with E-state index in [1.807, 2.05) is 38.1 Å². The molecule has 12 heteroatoms. The molecule has 0 saturated heterocycles. The van der Waals surface area contributed by atoms with Crippen molar-refractivity contribution in [3.05, 3.63) is 105 Å². The zero-order chi connectivity index (χ0) is 31.1. The summed E-state index contributed by atoms with van der Waals surface area (Å²) < 4.78 is 27.9. The summed E-state index contributed by atoms with van der Waals surface area (Å²) in [5.41, 5.74) is 8.23. The number of aromatic amines is 1. The number of ether oxygens (including phenoxy) is 2. The summed E-state index contributed by atoms with van der Waals surface area (Å²) in [6.45, 7) is 2.87. The average Bonchev–Trinajstić information content (AvgIpc) is 3.38. The number of amides is 1. The molecule has 0 aliphatic rings. The first-order valence-corrected chi connectivity index (χ1v) is 13.8. The molecule has 43 heavy (non-hydrogen) atoms. The number of likely N-dealkylation sites (N-methyl/N-ethyl adjacent to an activating group) is 1. The lowest BCUT2D eigenvalue weighted by Gasteiger charge is -2.20. The number of para-hydroxylation sites is 2. The lowest BCUT2D eigenvalue weighted by atomic mass is 9.89. The number of hydrogen-bond donors (Lipinski definition) is 4. The topological polar surface area (TPSA) is 151 Å². The van der Waals surface area contributed by atoms with Crippen molar-refractivity contribution in [2.24, 2.45) is 5.73 Å². The van der Waals surface area contributed by atoms with Crippen LogP contribution in [0, 0.1) is 11.2 Å². The van der Waals surface area contributed by atoms with Crippen LogP contribution < -0.4 is 21.5 Å². The normalized spacial score (nSPS) is 11.8. The van der Waals surface area contributed by atoms with Gasteiger partial charge in [-0.2, -0.15) is 4.68 Å². The van der Waals surface area contributed by atoms with Crippen LogP contribution in [0.15, 0.2) is 65.5 Å². The van der Waals surface area contributed by atoms with Crippen LogP contribution in [0.5, 0.6) is 5.75 Å². The van der Waals surface area contributed by atoms with Gasteiger partial charge in [-0.15, -0.1) is 5.10 Å². The lowest BCUT2D eigenvalue weighted by Crippen LogP contribution is -2.20. The minimum Gasteiger partial charge on any atom is -0.489 e. The van der Waals surface area contributed by atoms with Gasteiger partial charge in [-0.1, -0.05) is 49.4 Å². The van der Waals surface area contributed by atoms with Crippen LogP contribution in [-0.4, -0.2) is 66.0 Å². The van der Waals surface area contributed by atoms with Crippen molar-refractivity contribution < 1.29 is 18.7 Å². The molecule has 0 aliphatic heterocycles. The Kier molecular flexibility index (Phi) is 9.94. The third kappa shape index (κ3) is 7.46. The van der Waals surface area contributed by atoms with Gasteiger partial charge in [0.15, 0.2) is 11.6 Å². The smallest absolute Gasteiger partial charge is 0.411 e. The number of H-pyrrole nitrogens is 1. The Morgan fingerprint density at radius 1 is 1.16 bits per heavy atom. The molecular weight excluding hydrogens is 553 g/mol. The molecule has 5 N–H and O–H groups in total. The predicted octanol–water partition coefficient (Wildman–Crippen LogP) is 4.04. The zero-order valence-electron chi connectivity index (χ0n) is 24.6. The Bertz CT molecular complexity index is 1650. The Hall–Kier alpha value is -4.97. The highest BCUT2D eigenvalue weighted by molar-refractivity contribution is 5.94. The molecule has 3 aromatic carbocycles. The highest BCUT2D eigenvalue weighted by Gasteiger charge is 2.27. The molecule has 0 saturated carbocycles. The second kappa shape index (κ2) is 13.8. The number of nitrogen functional groups attached to an aromatic ring is 1. The number of halogens is 1. The monoisotopic (exact) mass is 589 g/mol. The van der Waals surface area contributed by atoms with Crippen molar-refractivity contribution in [1.29, 1.82) is 5.41 Å². The summed E-state index contributed by atoms with van der Waals surface area (Å²) in [6, 6.07) is 17.2. The van der Waals surface area contributed by atoms with Crippen LogP contribution in [0.1, 0.15) is 40.9 Å². The molecule has 0 bridgehead atoms. The molecule has 1 heterocycles. The Morgan fingerprint density at radius 3 is 2.53 bits per heavy atom. The van der Waals surface area contributed by atoms with Gasteiger partial charge in [0.05, 0.1) is 24.4 Å². The first-order chi connectivity index (χ1) is 20.6. The number of nitrogens with two attached hydrogens (primary N) is 1. The van der Waals surface area contributed by atoms with Crippen LogP contribution >= 0.6 is 0 Å². The lowest BCUT2D eigenvalue weighted by molar-refractivity contribution is 0.187. The van der Waals surface area contributed by atoms with Crippen LogP contribution in [0.25, 0.3) is 5.69 Å². The molecular formula is C31H36FN7O4. The number of anilines is 1. The van der Waals surface area contributed by atoms with E-state index in [1.54, 1.807) is 48.5 Å². The van der Waals surface area contributed by atoms with Crippen LogP contribution in [0.3, 0.4) is 0 Å². The first kappa shape index (κ1) is 31.0. The van der Waals surface area contributed by atoms with Crippen LogP contribution in [-0.2, 0) is 17.6 Å². The Balaban J connectivity index is 1.83. The standard InChI is InChI=1S/C31H36FN7O4/c1-5-19-16-22(27(32)26(18-19)43-15-14-38(2)3)23(17-20-10-12-21(13-11-20)28(33)34)29-36-30(40)39(37-29)25-9-7-6-8-24(25)35-31(41)42-4/h6-13,16,18,23H,5,14-15,17H2,1-4H3,(H3,33,34)(H,35,41)(H,36,37,40). The highest BCUT2D eigenvalue weighted by Crippen LogP contribution is 2.34.